The van der Waals surface area contributed by atoms with Crippen molar-refractivity contribution in [1.29, 1.82) is 0 Å². The monoisotopic (exact) mass is 846 g/mol. The van der Waals surface area contributed by atoms with E-state index >= 15 is 14.4 Å². The molecule has 1 unspecified atom stereocenters. The van der Waals surface area contributed by atoms with Crippen LogP contribution in [0.5, 0.6) is 5.75 Å². The van der Waals surface area contributed by atoms with Crippen molar-refractivity contribution in [3.63, 3.8) is 0 Å². The highest BCUT2D eigenvalue weighted by Gasteiger charge is 2.74. The van der Waals surface area contributed by atoms with E-state index in [4.69, 9.17) is 19.9 Å². The highest BCUT2D eigenvalue weighted by atomic mass is 16.6. The molecule has 4 aliphatic heterocycles. The van der Waals surface area contributed by atoms with E-state index in [1.54, 1.807) is 30.3 Å². The molecule has 9 rings (SSSR count). The van der Waals surface area contributed by atoms with Gasteiger partial charge < -0.3 is 45.9 Å². The largest absolute Gasteiger partial charge is 0.491 e. The van der Waals surface area contributed by atoms with Crippen LogP contribution in [-0.2, 0) is 29.3 Å². The van der Waals surface area contributed by atoms with Gasteiger partial charge >= 0.3 is 12.0 Å². The van der Waals surface area contributed by atoms with Gasteiger partial charge in [-0.25, -0.2) is 4.79 Å². The third-order valence-corrected chi connectivity index (χ3v) is 12.2. The maximum Gasteiger partial charge on any atom is 0.324 e. The van der Waals surface area contributed by atoms with Crippen LogP contribution in [0.4, 0.5) is 21.9 Å². The molecule has 4 aliphatic rings. The number of carbonyl (C=O) groups excluding carboxylic acids is 4. The normalized spacial score (nSPS) is 23.7. The number of cyclic esters (lactones) is 1. The molecule has 4 amide bonds. The Kier molecular flexibility index (Phi) is 11.5. The van der Waals surface area contributed by atoms with Gasteiger partial charge in [0.1, 0.15) is 29.9 Å². The highest BCUT2D eigenvalue weighted by molar-refractivity contribution is 6.13. The number of anilines is 3. The topological polar surface area (TPSA) is 185 Å². The second-order valence-electron chi connectivity index (χ2n) is 15.8. The van der Waals surface area contributed by atoms with Gasteiger partial charge in [0.15, 0.2) is 0 Å². The Balaban J connectivity index is 1.26. The number of nitrogens with one attached hydrogen (secondary N) is 3. The number of nitrogens with zero attached hydrogens (tertiary/aromatic N) is 2. The van der Waals surface area contributed by atoms with E-state index in [1.807, 2.05) is 102 Å². The number of morpholine rings is 2. The Labute approximate surface area is 364 Å². The molecule has 320 valence electrons. The molecule has 1 spiro atoms. The summed E-state index contributed by atoms with van der Waals surface area (Å²) in [5, 5.41) is 18.2. The third kappa shape index (κ3) is 7.71. The number of benzene rings is 5. The van der Waals surface area contributed by atoms with Gasteiger partial charge in [0.25, 0.3) is 0 Å². The predicted molar refractivity (Wildman–Crippen MR) is 235 cm³/mol. The summed E-state index contributed by atoms with van der Waals surface area (Å²) in [6.07, 6.45) is -0.836. The standard InChI is InChI=1S/C49H46N6O8/c50-48(60)51-23-7-8-31-13-22-39-38(30-31)49(47(59)53-39)40(45(57)52-35-16-18-36(19-17-35)54-24-27-61-28-25-54)42-46(58)63-43(33-11-5-2-6-12-33)41(32-9-3-1-4-10-32)55(42)44(49)34-14-20-37(21-15-34)62-29-26-56/h1-6,9-22,30,40-44,56H,23-29H2,(H,52,57)(H,53,59)(H3,50,51,60)/t40-,41-,42?,43+,44+,49-/m1/s1. The molecule has 14 heteroatoms. The number of rotatable bonds is 10. The molecule has 5 aromatic rings. The Morgan fingerprint density at radius 1 is 0.857 bits per heavy atom. The fourth-order valence-electron chi connectivity index (χ4n) is 9.66. The minimum absolute atomic E-state index is 0.0151. The highest BCUT2D eigenvalue weighted by Crippen LogP contribution is 2.65. The number of hydrogen-bond donors (Lipinski definition) is 5. The molecule has 0 saturated carbocycles. The van der Waals surface area contributed by atoms with Crippen molar-refractivity contribution < 1.29 is 38.5 Å². The van der Waals surface area contributed by atoms with E-state index in [9.17, 15) is 9.90 Å². The summed E-state index contributed by atoms with van der Waals surface area (Å²) in [6.45, 7) is 2.59. The van der Waals surface area contributed by atoms with Crippen molar-refractivity contribution in [2.24, 2.45) is 11.7 Å². The van der Waals surface area contributed by atoms with E-state index in [1.165, 1.54) is 0 Å². The zero-order valence-corrected chi connectivity index (χ0v) is 34.2. The number of hydrogen-bond acceptors (Lipinski definition) is 10. The zero-order valence-electron chi connectivity index (χ0n) is 34.2. The van der Waals surface area contributed by atoms with Gasteiger partial charge in [0, 0.05) is 35.7 Å². The maximum absolute atomic E-state index is 15.5. The van der Waals surface area contributed by atoms with Crippen LogP contribution in [0, 0.1) is 17.8 Å². The summed E-state index contributed by atoms with van der Waals surface area (Å²) in [6, 6.07) is 35.5. The van der Waals surface area contributed by atoms with Crippen LogP contribution in [0.25, 0.3) is 0 Å². The van der Waals surface area contributed by atoms with Gasteiger partial charge in [-0.05, 0) is 76.9 Å². The lowest BCUT2D eigenvalue weighted by Gasteiger charge is -2.46. The van der Waals surface area contributed by atoms with E-state index in [2.05, 4.69) is 32.7 Å². The Bertz CT molecular complexity index is 2560. The molecule has 5 aromatic carbocycles. The van der Waals surface area contributed by atoms with Crippen LogP contribution in [0.2, 0.25) is 0 Å². The molecule has 0 radical (unpaired) electrons. The molecular formula is C49H46N6O8. The molecule has 0 aliphatic carbocycles. The smallest absolute Gasteiger partial charge is 0.324 e. The van der Waals surface area contributed by atoms with Crippen LogP contribution in [0.15, 0.2) is 127 Å². The average Bonchev–Trinajstić information content (AvgIpc) is 3.79. The molecule has 0 bridgehead atoms. The maximum atomic E-state index is 15.5. The van der Waals surface area contributed by atoms with Crippen molar-refractivity contribution in [3.05, 3.63) is 155 Å². The number of fused-ring (bicyclic) bond motifs is 3. The van der Waals surface area contributed by atoms with Crippen molar-refractivity contribution in [1.82, 2.24) is 10.2 Å². The summed E-state index contributed by atoms with van der Waals surface area (Å²) in [7, 11) is 0. The fraction of sp³-hybridized carbons (Fsp3) is 0.265. The fourth-order valence-corrected chi connectivity index (χ4v) is 9.66. The SMILES string of the molecule is NC(=O)NCC#Cc1ccc2c(c1)[C@]1(C(=O)N2)[C@H](c2ccc(OCCO)cc2)N2C(C(=O)O[C@@H](c3ccccc3)[C@H]2c2ccccc2)[C@@H]1C(=O)Nc1ccc(N2CCOCC2)cc1. The van der Waals surface area contributed by atoms with E-state index in [-0.39, 0.29) is 19.8 Å². The first-order valence-electron chi connectivity index (χ1n) is 20.9. The number of carbonyl (C=O) groups is 4. The Morgan fingerprint density at radius 3 is 2.24 bits per heavy atom. The first-order valence-corrected chi connectivity index (χ1v) is 20.9. The zero-order chi connectivity index (χ0) is 43.5. The van der Waals surface area contributed by atoms with E-state index in [0.29, 0.717) is 47.0 Å². The van der Waals surface area contributed by atoms with E-state index < -0.39 is 59.4 Å². The van der Waals surface area contributed by atoms with E-state index in [0.717, 1.165) is 29.9 Å². The van der Waals surface area contributed by atoms with Crippen LogP contribution < -0.4 is 31.3 Å². The first-order chi connectivity index (χ1) is 30.8. The van der Waals surface area contributed by atoms with Crippen LogP contribution in [0.1, 0.15) is 46.0 Å². The van der Waals surface area contributed by atoms with Crippen LogP contribution >= 0.6 is 0 Å². The Morgan fingerprint density at radius 2 is 1.56 bits per heavy atom. The van der Waals surface area contributed by atoms with Gasteiger partial charge in [-0.3, -0.25) is 19.3 Å². The number of aliphatic hydroxyl groups is 1. The van der Waals surface area contributed by atoms with Gasteiger partial charge in [-0.2, -0.15) is 0 Å². The second kappa shape index (κ2) is 17.7. The summed E-state index contributed by atoms with van der Waals surface area (Å²) < 4.78 is 17.8. The van der Waals surface area contributed by atoms with Gasteiger partial charge in [0.2, 0.25) is 11.8 Å². The molecule has 6 atom stereocenters. The molecule has 6 N–H and O–H groups in total. The van der Waals surface area contributed by atoms with Crippen LogP contribution in [-0.4, -0.2) is 85.9 Å². The first kappa shape index (κ1) is 41.2. The van der Waals surface area contributed by atoms with Crippen LogP contribution in [0.3, 0.4) is 0 Å². The molecule has 0 aromatic heterocycles. The lowest BCUT2D eigenvalue weighted by atomic mass is 9.65. The number of esters is 1. The summed E-state index contributed by atoms with van der Waals surface area (Å²) in [5.41, 5.74) is 8.62. The van der Waals surface area contributed by atoms with Gasteiger partial charge in [-0.15, -0.1) is 0 Å². The third-order valence-electron chi connectivity index (χ3n) is 12.2. The second-order valence-corrected chi connectivity index (χ2v) is 15.8. The summed E-state index contributed by atoms with van der Waals surface area (Å²) >= 11 is 0. The molecule has 63 heavy (non-hydrogen) atoms. The minimum Gasteiger partial charge on any atom is -0.491 e. The molecule has 4 heterocycles. The number of aliphatic hydroxyl groups excluding tert-OH is 1. The number of amides is 4. The summed E-state index contributed by atoms with van der Waals surface area (Å²) in [4.78, 5) is 61.8. The van der Waals surface area contributed by atoms with Crippen molar-refractivity contribution >= 4 is 40.9 Å². The van der Waals surface area contributed by atoms with Crippen molar-refractivity contribution in [3.8, 4) is 17.6 Å². The number of nitrogens with two attached hydrogens (primary N) is 1. The van der Waals surface area contributed by atoms with Crippen molar-refractivity contribution in [2.75, 3.05) is 61.6 Å². The predicted octanol–water partition coefficient (Wildman–Crippen LogP) is 4.82. The Hall–Kier alpha value is -7.18. The lowest BCUT2D eigenvalue weighted by Crippen LogP contribution is -2.53. The molecular weight excluding hydrogens is 801 g/mol. The number of urea groups is 1. The van der Waals surface area contributed by atoms with Crippen molar-refractivity contribution in [2.45, 2.75) is 29.6 Å². The quantitative estimate of drug-likeness (QED) is 0.0965. The number of ether oxygens (including phenoxy) is 3. The molecule has 14 nitrogen and oxygen atoms in total. The average molecular weight is 847 g/mol. The minimum atomic E-state index is -1.76. The van der Waals surface area contributed by atoms with Gasteiger partial charge in [0.05, 0.1) is 44.4 Å². The number of primary amides is 1. The van der Waals surface area contributed by atoms with Gasteiger partial charge in [-0.1, -0.05) is 84.6 Å². The summed E-state index contributed by atoms with van der Waals surface area (Å²) in [5.74, 6) is 3.43. The molecule has 3 saturated heterocycles. The lowest BCUT2D eigenvalue weighted by molar-refractivity contribution is -0.177. The molecule has 3 fully saturated rings.